The molecule has 0 saturated carbocycles. The van der Waals surface area contributed by atoms with Gasteiger partial charge in [0, 0.05) is 18.3 Å². The monoisotopic (exact) mass is 378 g/mol. The summed E-state index contributed by atoms with van der Waals surface area (Å²) in [5, 5.41) is 9.13. The first-order valence-electron chi connectivity index (χ1n) is 6.34. The van der Waals surface area contributed by atoms with Crippen LogP contribution in [0.1, 0.15) is 12.0 Å². The molecular weight excluding hydrogens is 363 g/mol. The summed E-state index contributed by atoms with van der Waals surface area (Å²) in [6, 6.07) is 12.4. The normalized spacial score (nSPS) is 21.8. The van der Waals surface area contributed by atoms with Gasteiger partial charge < -0.3 is 9.64 Å². The second-order valence-electron chi connectivity index (χ2n) is 4.55. The maximum Gasteiger partial charge on any atom is 0.143 e. The number of nitrogens with zero attached hydrogens (tertiary/aromatic N) is 2. The number of allylic oxidation sites excluding steroid dienone is 1. The molecule has 0 bridgehead atoms. The van der Waals surface area contributed by atoms with Crippen molar-refractivity contribution in [3.63, 3.8) is 0 Å². The Balaban J connectivity index is 2.19. The van der Waals surface area contributed by atoms with Crippen LogP contribution >= 0.6 is 22.6 Å². The van der Waals surface area contributed by atoms with Gasteiger partial charge in [-0.3, -0.25) is 0 Å². The Morgan fingerprint density at radius 3 is 2.80 bits per heavy atom. The van der Waals surface area contributed by atoms with Gasteiger partial charge in [0.05, 0.1) is 9.99 Å². The quantitative estimate of drug-likeness (QED) is 0.459. The molecule has 1 aliphatic rings. The van der Waals surface area contributed by atoms with Crippen molar-refractivity contribution >= 4 is 22.6 Å². The predicted octanol–water partition coefficient (Wildman–Crippen LogP) is 3.08. The summed E-state index contributed by atoms with van der Waals surface area (Å²) >= 11 is 2.33. The molecule has 0 saturated heterocycles. The second kappa shape index (κ2) is 7.33. The van der Waals surface area contributed by atoms with Crippen molar-refractivity contribution in [2.45, 2.75) is 23.1 Å². The van der Waals surface area contributed by atoms with Gasteiger partial charge in [-0.1, -0.05) is 58.8 Å². The molecule has 0 radical (unpaired) electrons. The van der Waals surface area contributed by atoms with E-state index in [1.165, 1.54) is 5.56 Å². The average Bonchev–Trinajstić information content (AvgIpc) is 2.47. The van der Waals surface area contributed by atoms with Crippen LogP contribution in [-0.4, -0.2) is 21.7 Å². The third-order valence-corrected chi connectivity index (χ3v) is 4.12. The van der Waals surface area contributed by atoms with E-state index in [4.69, 9.17) is 16.4 Å². The van der Waals surface area contributed by atoms with Gasteiger partial charge in [0.1, 0.15) is 12.8 Å². The minimum atomic E-state index is -0.0936. The molecule has 0 aromatic heterocycles. The van der Waals surface area contributed by atoms with Crippen LogP contribution in [0.25, 0.3) is 0 Å². The van der Waals surface area contributed by atoms with Crippen molar-refractivity contribution in [3.05, 3.63) is 47.7 Å². The highest BCUT2D eigenvalue weighted by atomic mass is 127. The molecule has 20 heavy (non-hydrogen) atoms. The average molecular weight is 378 g/mol. The molecule has 0 fully saturated rings. The highest BCUT2D eigenvalue weighted by Gasteiger charge is 2.30. The molecule has 4 heteroatoms. The zero-order chi connectivity index (χ0) is 14.4. The summed E-state index contributed by atoms with van der Waals surface area (Å²) in [5.74, 6) is 2.51. The van der Waals surface area contributed by atoms with Crippen molar-refractivity contribution in [3.8, 4) is 18.4 Å². The van der Waals surface area contributed by atoms with Gasteiger partial charge in [-0.2, -0.15) is 5.26 Å². The van der Waals surface area contributed by atoms with Crippen molar-refractivity contribution in [1.29, 1.82) is 5.26 Å². The van der Waals surface area contributed by atoms with E-state index in [-0.39, 0.29) is 16.8 Å². The first kappa shape index (κ1) is 14.9. The summed E-state index contributed by atoms with van der Waals surface area (Å²) in [7, 11) is 0. The lowest BCUT2D eigenvalue weighted by atomic mass is 10.1. The Morgan fingerprint density at radius 1 is 1.40 bits per heavy atom. The smallest absolute Gasteiger partial charge is 0.143 e. The molecule has 0 spiro atoms. The standard InChI is InChI=1S/C16H15IN2O/c1-2-8-20-16-15(17)9-14(10-18)12-19(16)11-13-6-4-3-5-7-13/h1,3-7,12,15-16H,8-9,11H2/t15-,16+/m0/s1. The molecule has 0 N–H and O–H groups in total. The van der Waals surface area contributed by atoms with E-state index < -0.39 is 0 Å². The van der Waals surface area contributed by atoms with Crippen LogP contribution in [0.15, 0.2) is 42.1 Å². The fraction of sp³-hybridized carbons (Fsp3) is 0.312. The molecule has 2 atom stereocenters. The third-order valence-electron chi connectivity index (χ3n) is 3.06. The van der Waals surface area contributed by atoms with Crippen LogP contribution in [0.4, 0.5) is 0 Å². The van der Waals surface area contributed by atoms with Crippen molar-refractivity contribution in [1.82, 2.24) is 4.90 Å². The van der Waals surface area contributed by atoms with E-state index in [1.54, 1.807) is 0 Å². The summed E-state index contributed by atoms with van der Waals surface area (Å²) in [5.41, 5.74) is 1.96. The Hall–Kier alpha value is -1.50. The van der Waals surface area contributed by atoms with Gasteiger partial charge in [0.25, 0.3) is 0 Å². The summed E-state index contributed by atoms with van der Waals surface area (Å²) in [6.45, 7) is 0.992. The first-order valence-corrected chi connectivity index (χ1v) is 7.58. The van der Waals surface area contributed by atoms with Gasteiger partial charge in [-0.15, -0.1) is 6.42 Å². The molecule has 1 aromatic carbocycles. The van der Waals surface area contributed by atoms with Crippen LogP contribution in [0.5, 0.6) is 0 Å². The number of ether oxygens (including phenoxy) is 1. The third kappa shape index (κ3) is 3.75. The number of hydrogen-bond donors (Lipinski definition) is 0. The molecule has 1 aliphatic heterocycles. The summed E-state index contributed by atoms with van der Waals surface area (Å²) < 4.78 is 5.96. The SMILES string of the molecule is C#CCO[C@@H]1[C@@H](I)CC(C#N)=CN1Cc1ccccc1. The van der Waals surface area contributed by atoms with Crippen LogP contribution in [0.2, 0.25) is 0 Å². The molecule has 102 valence electrons. The van der Waals surface area contributed by atoms with E-state index in [9.17, 15) is 0 Å². The zero-order valence-corrected chi connectivity index (χ0v) is 13.2. The Kier molecular flexibility index (Phi) is 5.46. The molecule has 3 nitrogen and oxygen atoms in total. The molecule has 2 rings (SSSR count). The maximum atomic E-state index is 9.13. The van der Waals surface area contributed by atoms with Crippen LogP contribution < -0.4 is 0 Å². The highest BCUT2D eigenvalue weighted by Crippen LogP contribution is 2.29. The largest absolute Gasteiger partial charge is 0.346 e. The number of benzene rings is 1. The number of alkyl halides is 1. The van der Waals surface area contributed by atoms with E-state index in [2.05, 4.69) is 51.6 Å². The number of halogens is 1. The number of hydrogen-bond acceptors (Lipinski definition) is 3. The second-order valence-corrected chi connectivity index (χ2v) is 6.15. The molecule has 1 aromatic rings. The number of terminal acetylenes is 1. The molecule has 0 amide bonds. The van der Waals surface area contributed by atoms with Gasteiger partial charge in [-0.05, 0) is 12.0 Å². The zero-order valence-electron chi connectivity index (χ0n) is 11.0. The van der Waals surface area contributed by atoms with E-state index in [0.29, 0.717) is 6.54 Å². The van der Waals surface area contributed by atoms with Gasteiger partial charge in [0.2, 0.25) is 0 Å². The van der Waals surface area contributed by atoms with Gasteiger partial charge in [-0.25, -0.2) is 0 Å². The lowest BCUT2D eigenvalue weighted by Crippen LogP contribution is -2.43. The minimum absolute atomic E-state index is 0.0936. The molecule has 0 unspecified atom stereocenters. The predicted molar refractivity (Wildman–Crippen MR) is 86.7 cm³/mol. The Morgan fingerprint density at radius 2 is 2.15 bits per heavy atom. The summed E-state index contributed by atoms with van der Waals surface area (Å²) in [6.07, 6.45) is 7.80. The van der Waals surface area contributed by atoms with Crippen LogP contribution in [-0.2, 0) is 11.3 Å². The van der Waals surface area contributed by atoms with Crippen molar-refractivity contribution in [2.24, 2.45) is 0 Å². The molecular formula is C16H15IN2O. The number of rotatable bonds is 4. The fourth-order valence-corrected chi connectivity index (χ4v) is 3.28. The highest BCUT2D eigenvalue weighted by molar-refractivity contribution is 14.1. The Labute approximate surface area is 133 Å². The van der Waals surface area contributed by atoms with Gasteiger partial charge in [0.15, 0.2) is 0 Å². The van der Waals surface area contributed by atoms with Gasteiger partial charge >= 0.3 is 0 Å². The first-order chi connectivity index (χ1) is 9.74. The molecule has 0 aliphatic carbocycles. The lowest BCUT2D eigenvalue weighted by molar-refractivity contribution is -0.0282. The van der Waals surface area contributed by atoms with E-state index in [0.717, 1.165) is 12.0 Å². The lowest BCUT2D eigenvalue weighted by Gasteiger charge is -2.37. The van der Waals surface area contributed by atoms with Crippen molar-refractivity contribution < 1.29 is 4.74 Å². The van der Waals surface area contributed by atoms with Crippen LogP contribution in [0, 0.1) is 23.7 Å². The van der Waals surface area contributed by atoms with Crippen LogP contribution in [0.3, 0.4) is 0 Å². The fourth-order valence-electron chi connectivity index (χ4n) is 2.18. The van der Waals surface area contributed by atoms with E-state index in [1.807, 2.05) is 24.4 Å². The topological polar surface area (TPSA) is 36.3 Å². The minimum Gasteiger partial charge on any atom is -0.346 e. The van der Waals surface area contributed by atoms with Crippen molar-refractivity contribution in [2.75, 3.05) is 6.61 Å². The van der Waals surface area contributed by atoms with E-state index >= 15 is 0 Å². The Bertz CT molecular complexity index is 556. The number of nitriles is 1. The summed E-state index contributed by atoms with van der Waals surface area (Å²) in [4.78, 5) is 2.06. The molecule has 1 heterocycles. The maximum absolute atomic E-state index is 9.13.